The Labute approximate surface area is 219 Å². The maximum Gasteiger partial charge on any atom is 0.227 e. The molecule has 5 rings (SSSR count). The molecule has 0 saturated carbocycles. The maximum absolute atomic E-state index is 5.92. The van der Waals surface area contributed by atoms with E-state index < -0.39 is 0 Å². The molecule has 0 aliphatic carbocycles. The van der Waals surface area contributed by atoms with Crippen LogP contribution in [0.25, 0.3) is 5.70 Å². The van der Waals surface area contributed by atoms with Crippen LogP contribution in [0.2, 0.25) is 0 Å². The molecule has 0 spiro atoms. The second kappa shape index (κ2) is 10.2. The van der Waals surface area contributed by atoms with E-state index in [0.29, 0.717) is 23.9 Å². The van der Waals surface area contributed by atoms with E-state index in [9.17, 15) is 0 Å². The second-order valence-electron chi connectivity index (χ2n) is 10.3. The van der Waals surface area contributed by atoms with Crippen molar-refractivity contribution in [1.29, 1.82) is 0 Å². The average Bonchev–Trinajstić information content (AvgIpc) is 3.31. The van der Waals surface area contributed by atoms with Crippen LogP contribution in [0, 0.1) is 13.8 Å². The van der Waals surface area contributed by atoms with Gasteiger partial charge in [-0.2, -0.15) is 5.10 Å². The number of aromatic nitrogens is 2. The molecular weight excluding hydrogens is 460 g/mol. The van der Waals surface area contributed by atoms with Crippen LogP contribution in [0.5, 0.6) is 0 Å². The quantitative estimate of drug-likeness (QED) is 0.203. The molecule has 2 atom stereocenters. The molecule has 37 heavy (non-hydrogen) atoms. The summed E-state index contributed by atoms with van der Waals surface area (Å²) in [5.74, 6) is 6.35. The van der Waals surface area contributed by atoms with E-state index in [1.54, 1.807) is 0 Å². The highest BCUT2D eigenvalue weighted by Gasteiger charge is 2.33. The van der Waals surface area contributed by atoms with Crippen LogP contribution in [0.4, 0.5) is 11.6 Å². The van der Waals surface area contributed by atoms with E-state index in [1.807, 2.05) is 24.4 Å². The minimum absolute atomic E-state index is 0.324. The van der Waals surface area contributed by atoms with Gasteiger partial charge in [0.15, 0.2) is 0 Å². The van der Waals surface area contributed by atoms with Gasteiger partial charge in [0.25, 0.3) is 0 Å². The number of aryl methyl sites for hydroxylation is 2. The van der Waals surface area contributed by atoms with Gasteiger partial charge in [-0.15, -0.1) is 0 Å². The molecule has 3 heterocycles. The van der Waals surface area contributed by atoms with Crippen LogP contribution in [0.15, 0.2) is 60.3 Å². The molecule has 3 aromatic rings. The highest BCUT2D eigenvalue weighted by atomic mass is 15.2. The molecule has 1 aromatic heterocycles. The number of fused-ring (bicyclic) bond motifs is 1. The molecule has 0 radical (unpaired) electrons. The number of anilines is 2. The largest absolute Gasteiger partial charge is 0.382 e. The van der Waals surface area contributed by atoms with Crippen molar-refractivity contribution >= 4 is 23.2 Å². The van der Waals surface area contributed by atoms with E-state index in [1.165, 1.54) is 16.7 Å². The highest BCUT2D eigenvalue weighted by Crippen LogP contribution is 2.33. The van der Waals surface area contributed by atoms with Crippen LogP contribution in [0.1, 0.15) is 53.3 Å². The number of hydrazone groups is 1. The van der Waals surface area contributed by atoms with Gasteiger partial charge in [-0.1, -0.05) is 30.8 Å². The third-order valence-electron chi connectivity index (χ3n) is 7.50. The Morgan fingerprint density at radius 2 is 1.86 bits per heavy atom. The molecule has 1 saturated heterocycles. The third kappa shape index (κ3) is 5.29. The maximum atomic E-state index is 5.92. The van der Waals surface area contributed by atoms with Crippen molar-refractivity contribution in [3.05, 3.63) is 88.8 Å². The van der Waals surface area contributed by atoms with Crippen LogP contribution in [0.3, 0.4) is 0 Å². The van der Waals surface area contributed by atoms with Crippen molar-refractivity contribution in [2.75, 3.05) is 11.9 Å². The molecule has 2 aromatic carbocycles. The van der Waals surface area contributed by atoms with Gasteiger partial charge >= 0.3 is 0 Å². The Balaban J connectivity index is 1.22. The van der Waals surface area contributed by atoms with Gasteiger partial charge in [0.2, 0.25) is 5.95 Å². The minimum Gasteiger partial charge on any atom is -0.382 e. The summed E-state index contributed by atoms with van der Waals surface area (Å²) < 4.78 is 0. The first-order valence-electron chi connectivity index (χ1n) is 12.8. The number of nitrogens with zero attached hydrogens (tertiary/aromatic N) is 5. The van der Waals surface area contributed by atoms with E-state index in [0.717, 1.165) is 60.7 Å². The molecular formula is C29H36N8. The van der Waals surface area contributed by atoms with Crippen LogP contribution in [-0.2, 0) is 13.1 Å². The molecule has 2 aliphatic heterocycles. The number of nitrogens with one attached hydrogen (secondary N) is 1. The van der Waals surface area contributed by atoms with Gasteiger partial charge in [0, 0.05) is 60.4 Å². The Morgan fingerprint density at radius 3 is 2.59 bits per heavy atom. The van der Waals surface area contributed by atoms with Crippen molar-refractivity contribution < 1.29 is 0 Å². The Hall–Kier alpha value is -3.91. The summed E-state index contributed by atoms with van der Waals surface area (Å²) in [6.45, 7) is 13.6. The normalized spacial score (nSPS) is 20.1. The van der Waals surface area contributed by atoms with Crippen LogP contribution >= 0.6 is 0 Å². The number of hydrogen-bond acceptors (Lipinski definition) is 7. The van der Waals surface area contributed by atoms with E-state index in [4.69, 9.17) is 16.6 Å². The highest BCUT2D eigenvalue weighted by molar-refractivity contribution is 5.97. The standard InChI is InChI=1S/C29H36N8/c1-18-10-19(2)12-25(11-18)33-29-32-15-24-16-36(17-27(24)34-29)26-8-9-37(20(3)13-26)21(4)22-6-5-7-23(14-22)28(30)35-31/h5-7,10-12,14-15,20,26H,4,8-9,13,16-17,31H2,1-3H3,(H2,30,35)(H,32,33,34)/t20-,26-/m0/s1. The molecule has 8 nitrogen and oxygen atoms in total. The number of benzene rings is 2. The summed E-state index contributed by atoms with van der Waals surface area (Å²) in [4.78, 5) is 14.4. The summed E-state index contributed by atoms with van der Waals surface area (Å²) in [7, 11) is 0. The first-order chi connectivity index (χ1) is 17.8. The molecule has 8 heteroatoms. The number of likely N-dealkylation sites (tertiary alicyclic amines) is 1. The Kier molecular flexibility index (Phi) is 6.84. The van der Waals surface area contributed by atoms with E-state index in [2.05, 4.69) is 76.8 Å². The molecule has 0 unspecified atom stereocenters. The molecule has 1 fully saturated rings. The van der Waals surface area contributed by atoms with E-state index >= 15 is 0 Å². The lowest BCUT2D eigenvalue weighted by Crippen LogP contribution is -2.46. The van der Waals surface area contributed by atoms with Crippen molar-refractivity contribution in [1.82, 2.24) is 19.8 Å². The first kappa shape index (κ1) is 24.8. The fourth-order valence-corrected chi connectivity index (χ4v) is 5.65. The molecule has 192 valence electrons. The monoisotopic (exact) mass is 496 g/mol. The van der Waals surface area contributed by atoms with E-state index in [-0.39, 0.29) is 0 Å². The average molecular weight is 497 g/mol. The van der Waals surface area contributed by atoms with Gasteiger partial charge in [-0.3, -0.25) is 4.90 Å². The lowest BCUT2D eigenvalue weighted by Gasteiger charge is -2.43. The second-order valence-corrected chi connectivity index (χ2v) is 10.3. The fourth-order valence-electron chi connectivity index (χ4n) is 5.65. The zero-order chi connectivity index (χ0) is 26.1. The summed E-state index contributed by atoms with van der Waals surface area (Å²) >= 11 is 0. The summed E-state index contributed by atoms with van der Waals surface area (Å²) in [5, 5.41) is 7.01. The number of hydrogen-bond donors (Lipinski definition) is 3. The predicted octanol–water partition coefficient (Wildman–Crippen LogP) is 4.26. The van der Waals surface area contributed by atoms with Gasteiger partial charge in [-0.05, 0) is 68.5 Å². The molecule has 5 N–H and O–H groups in total. The van der Waals surface area contributed by atoms with Gasteiger partial charge in [0.1, 0.15) is 5.84 Å². The van der Waals surface area contributed by atoms with Crippen molar-refractivity contribution in [3.63, 3.8) is 0 Å². The molecule has 0 bridgehead atoms. The minimum atomic E-state index is 0.324. The summed E-state index contributed by atoms with van der Waals surface area (Å²) in [5.41, 5.74) is 14.6. The molecule has 0 amide bonds. The topological polar surface area (TPSA) is 109 Å². The zero-order valence-corrected chi connectivity index (χ0v) is 21.9. The summed E-state index contributed by atoms with van der Waals surface area (Å²) in [6.07, 6.45) is 4.13. The lowest BCUT2D eigenvalue weighted by atomic mass is 9.95. The van der Waals surface area contributed by atoms with Gasteiger partial charge in [-0.25, -0.2) is 9.97 Å². The van der Waals surface area contributed by atoms with Crippen LogP contribution in [-0.4, -0.2) is 44.2 Å². The zero-order valence-electron chi connectivity index (χ0n) is 21.9. The van der Waals surface area contributed by atoms with Crippen LogP contribution < -0.4 is 16.9 Å². The summed E-state index contributed by atoms with van der Waals surface area (Å²) in [6, 6.07) is 15.2. The number of nitrogens with two attached hydrogens (primary N) is 2. The number of rotatable bonds is 6. The first-order valence-corrected chi connectivity index (χ1v) is 12.8. The number of piperidine rings is 1. The van der Waals surface area contributed by atoms with Crippen molar-refractivity contribution in [3.8, 4) is 0 Å². The fraction of sp³-hybridized carbons (Fsp3) is 0.345. The van der Waals surface area contributed by atoms with Gasteiger partial charge < -0.3 is 21.8 Å². The number of amidine groups is 1. The lowest BCUT2D eigenvalue weighted by molar-refractivity contribution is 0.102. The smallest absolute Gasteiger partial charge is 0.227 e. The predicted molar refractivity (Wildman–Crippen MR) is 150 cm³/mol. The molecule has 2 aliphatic rings. The Morgan fingerprint density at radius 1 is 1.11 bits per heavy atom. The van der Waals surface area contributed by atoms with Crippen molar-refractivity contribution in [2.45, 2.75) is 58.8 Å². The van der Waals surface area contributed by atoms with Gasteiger partial charge in [0.05, 0.1) is 5.69 Å². The Bertz CT molecular complexity index is 1330. The third-order valence-corrected chi connectivity index (χ3v) is 7.50. The van der Waals surface area contributed by atoms with Crippen molar-refractivity contribution in [2.24, 2.45) is 16.7 Å². The SMILES string of the molecule is C=C(c1cccc(/C(N)=N/N)c1)N1CC[C@H](N2Cc3cnc(Nc4cc(C)cc(C)c4)nc3C2)C[C@@H]1C.